The van der Waals surface area contributed by atoms with Crippen molar-refractivity contribution >= 4 is 29.0 Å². The number of benzene rings is 2. The number of rotatable bonds is 4. The molecule has 4 rings (SSSR count). The Morgan fingerprint density at radius 2 is 2.00 bits per heavy atom. The predicted octanol–water partition coefficient (Wildman–Crippen LogP) is 5.39. The first kappa shape index (κ1) is 20.3. The van der Waals surface area contributed by atoms with E-state index in [0.717, 1.165) is 5.56 Å². The smallest absolute Gasteiger partial charge is 0.205 e. The average Bonchev–Trinajstić information content (AvgIpc) is 2.73. The van der Waals surface area contributed by atoms with Crippen LogP contribution in [0.25, 0.3) is 0 Å². The highest BCUT2D eigenvalue weighted by molar-refractivity contribution is 6.31. The first-order chi connectivity index (χ1) is 14.5. The van der Waals surface area contributed by atoms with Gasteiger partial charge < -0.3 is 15.2 Å². The largest absolute Gasteiger partial charge is 0.489 e. The Hall–Kier alpha value is -2.94. The molecule has 2 aromatic carbocycles. The van der Waals surface area contributed by atoms with E-state index < -0.39 is 5.92 Å². The minimum atomic E-state index is -0.688. The van der Waals surface area contributed by atoms with Crippen LogP contribution in [-0.2, 0) is 16.1 Å². The van der Waals surface area contributed by atoms with Gasteiger partial charge in [0, 0.05) is 39.6 Å². The molecule has 2 aliphatic rings. The maximum absolute atomic E-state index is 12.8. The van der Waals surface area contributed by atoms with Crippen molar-refractivity contribution in [3.8, 4) is 11.8 Å². The minimum Gasteiger partial charge on any atom is -0.489 e. The Morgan fingerprint density at radius 1 is 1.20 bits per heavy atom. The number of nitrogens with two attached hydrogens (primary N) is 1. The zero-order valence-electron chi connectivity index (χ0n) is 16.0. The summed E-state index contributed by atoms with van der Waals surface area (Å²) in [5.74, 6) is 0.278. The van der Waals surface area contributed by atoms with Gasteiger partial charge in [0.05, 0.1) is 5.92 Å². The monoisotopic (exact) mass is 440 g/mol. The van der Waals surface area contributed by atoms with E-state index in [2.05, 4.69) is 6.07 Å². The third kappa shape index (κ3) is 3.77. The summed E-state index contributed by atoms with van der Waals surface area (Å²) in [5, 5.41) is 10.8. The molecule has 30 heavy (non-hydrogen) atoms. The van der Waals surface area contributed by atoms with Gasteiger partial charge in [-0.1, -0.05) is 41.4 Å². The van der Waals surface area contributed by atoms with Crippen molar-refractivity contribution in [1.82, 2.24) is 0 Å². The minimum absolute atomic E-state index is 0.00739. The van der Waals surface area contributed by atoms with E-state index in [0.29, 0.717) is 52.0 Å². The molecule has 1 atom stereocenters. The third-order valence-corrected chi connectivity index (χ3v) is 5.83. The molecule has 1 aliphatic heterocycles. The molecule has 0 bridgehead atoms. The van der Waals surface area contributed by atoms with Crippen LogP contribution < -0.4 is 10.5 Å². The van der Waals surface area contributed by atoms with Gasteiger partial charge in [-0.2, -0.15) is 5.26 Å². The molecule has 2 aromatic rings. The van der Waals surface area contributed by atoms with Crippen LogP contribution in [0.3, 0.4) is 0 Å². The quantitative estimate of drug-likeness (QED) is 0.688. The van der Waals surface area contributed by atoms with Crippen molar-refractivity contribution in [2.45, 2.75) is 31.8 Å². The zero-order chi connectivity index (χ0) is 21.3. The fourth-order valence-corrected chi connectivity index (χ4v) is 4.19. The van der Waals surface area contributed by atoms with Crippen molar-refractivity contribution in [3.05, 3.63) is 86.4 Å². The summed E-state index contributed by atoms with van der Waals surface area (Å²) in [6, 6.07) is 14.6. The lowest BCUT2D eigenvalue weighted by Crippen LogP contribution is -2.27. The van der Waals surface area contributed by atoms with E-state index in [1.54, 1.807) is 24.3 Å². The summed E-state index contributed by atoms with van der Waals surface area (Å²) in [7, 11) is 0. The van der Waals surface area contributed by atoms with Crippen LogP contribution in [0.1, 0.15) is 36.3 Å². The van der Waals surface area contributed by atoms with Crippen molar-refractivity contribution < 1.29 is 14.3 Å². The van der Waals surface area contributed by atoms with Crippen LogP contribution in [0, 0.1) is 11.3 Å². The molecule has 1 heterocycles. The number of ketones is 1. The van der Waals surface area contributed by atoms with E-state index in [-0.39, 0.29) is 23.8 Å². The summed E-state index contributed by atoms with van der Waals surface area (Å²) in [6.07, 6.45) is 1.67. The van der Waals surface area contributed by atoms with Gasteiger partial charge in [-0.15, -0.1) is 0 Å². The van der Waals surface area contributed by atoms with Crippen LogP contribution in [0.5, 0.6) is 5.75 Å². The van der Waals surface area contributed by atoms with Gasteiger partial charge in [0.1, 0.15) is 29.8 Å². The Labute approximate surface area is 184 Å². The molecule has 0 spiro atoms. The second-order valence-electron chi connectivity index (χ2n) is 7.10. The second-order valence-corrected chi connectivity index (χ2v) is 7.94. The van der Waals surface area contributed by atoms with E-state index in [9.17, 15) is 10.1 Å². The number of hydrogen-bond donors (Lipinski definition) is 1. The van der Waals surface area contributed by atoms with Crippen molar-refractivity contribution in [3.63, 3.8) is 0 Å². The molecule has 0 amide bonds. The number of nitrogens with zero attached hydrogens (tertiary/aromatic N) is 1. The third-order valence-electron chi connectivity index (χ3n) is 5.23. The summed E-state index contributed by atoms with van der Waals surface area (Å²) in [5.41, 5.74) is 8.08. The fraction of sp³-hybridized carbons (Fsp3) is 0.217. The molecular formula is C23H18Cl2N2O3. The highest BCUT2D eigenvalue weighted by Gasteiger charge is 2.39. The highest BCUT2D eigenvalue weighted by Crippen LogP contribution is 2.46. The van der Waals surface area contributed by atoms with E-state index >= 15 is 0 Å². The SMILES string of the molecule is N#CC1=C(N)OC2=C(C(=O)CCC2)[C@H]1c1cc(Cl)ccc1OCc1ccccc1Cl. The number of allylic oxidation sites excluding steroid dienone is 3. The molecule has 0 radical (unpaired) electrons. The Morgan fingerprint density at radius 3 is 2.77 bits per heavy atom. The molecule has 5 nitrogen and oxygen atoms in total. The standard InChI is InChI=1S/C23H18Cl2N2O3/c24-14-8-9-19(29-12-13-4-1-2-5-17(13)25)15(10-14)21-16(11-26)23(27)30-20-7-3-6-18(28)22(20)21/h1-2,4-5,8-10,21H,3,6-7,12,27H2/t21-/m0/s1. The zero-order valence-corrected chi connectivity index (χ0v) is 17.5. The van der Waals surface area contributed by atoms with Crippen molar-refractivity contribution in [2.24, 2.45) is 5.73 Å². The molecule has 7 heteroatoms. The molecule has 1 aliphatic carbocycles. The number of nitriles is 1. The number of carbonyl (C=O) groups excluding carboxylic acids is 1. The average molecular weight is 441 g/mol. The van der Waals surface area contributed by atoms with Crippen LogP contribution >= 0.6 is 23.2 Å². The first-order valence-electron chi connectivity index (χ1n) is 9.49. The van der Waals surface area contributed by atoms with Crippen LogP contribution in [0.2, 0.25) is 10.0 Å². The van der Waals surface area contributed by atoms with Gasteiger partial charge in [0.2, 0.25) is 5.88 Å². The molecule has 0 fully saturated rings. The topological polar surface area (TPSA) is 85.3 Å². The summed E-state index contributed by atoms with van der Waals surface area (Å²) >= 11 is 12.5. The normalized spacial score (nSPS) is 18.6. The van der Waals surface area contributed by atoms with Crippen LogP contribution in [-0.4, -0.2) is 5.78 Å². The Balaban J connectivity index is 1.79. The number of halogens is 2. The number of Topliss-reactive ketones (excluding diaryl/α,β-unsaturated/α-hetero) is 1. The van der Waals surface area contributed by atoms with Crippen molar-refractivity contribution in [1.29, 1.82) is 5.26 Å². The van der Waals surface area contributed by atoms with Crippen molar-refractivity contribution in [2.75, 3.05) is 0 Å². The maximum Gasteiger partial charge on any atom is 0.205 e. The van der Waals surface area contributed by atoms with E-state index in [4.69, 9.17) is 38.4 Å². The summed E-state index contributed by atoms with van der Waals surface area (Å²) in [6.45, 7) is 0.221. The number of hydrogen-bond acceptors (Lipinski definition) is 5. The molecular weight excluding hydrogens is 423 g/mol. The van der Waals surface area contributed by atoms with Gasteiger partial charge in [-0.25, -0.2) is 0 Å². The van der Waals surface area contributed by atoms with E-state index in [1.807, 2.05) is 18.2 Å². The van der Waals surface area contributed by atoms with Crippen LogP contribution in [0.15, 0.2) is 65.3 Å². The Bertz CT molecular complexity index is 1130. The molecule has 152 valence electrons. The lowest BCUT2D eigenvalue weighted by atomic mass is 9.77. The Kier molecular flexibility index (Phi) is 5.72. The van der Waals surface area contributed by atoms with Crippen LogP contribution in [0.4, 0.5) is 0 Å². The second kappa shape index (κ2) is 8.43. The van der Waals surface area contributed by atoms with Gasteiger partial charge in [0.25, 0.3) is 0 Å². The highest BCUT2D eigenvalue weighted by atomic mass is 35.5. The number of ether oxygens (including phenoxy) is 2. The van der Waals surface area contributed by atoms with Gasteiger partial charge in [-0.05, 0) is 30.7 Å². The summed E-state index contributed by atoms with van der Waals surface area (Å²) in [4.78, 5) is 12.8. The summed E-state index contributed by atoms with van der Waals surface area (Å²) < 4.78 is 11.7. The first-order valence-corrected chi connectivity index (χ1v) is 10.2. The molecule has 0 aromatic heterocycles. The van der Waals surface area contributed by atoms with E-state index in [1.165, 1.54) is 0 Å². The molecule has 2 N–H and O–H groups in total. The lowest BCUT2D eigenvalue weighted by molar-refractivity contribution is -0.116. The van der Waals surface area contributed by atoms with Gasteiger partial charge in [-0.3, -0.25) is 4.79 Å². The lowest BCUT2D eigenvalue weighted by Gasteiger charge is -2.31. The van der Waals surface area contributed by atoms with Gasteiger partial charge in [0.15, 0.2) is 5.78 Å². The maximum atomic E-state index is 12.8. The molecule has 0 saturated carbocycles. The van der Waals surface area contributed by atoms with Gasteiger partial charge >= 0.3 is 0 Å². The molecule has 0 saturated heterocycles. The number of carbonyl (C=O) groups is 1. The fourth-order valence-electron chi connectivity index (χ4n) is 3.81. The molecule has 0 unspecified atom stereocenters. The predicted molar refractivity (Wildman–Crippen MR) is 114 cm³/mol.